The smallest absolute Gasteiger partial charge is 0.317 e. The molecule has 0 spiro atoms. The largest absolute Gasteiger partial charge is 0.480 e. The van der Waals surface area contributed by atoms with Crippen molar-refractivity contribution in [1.29, 1.82) is 0 Å². The summed E-state index contributed by atoms with van der Waals surface area (Å²) in [4.78, 5) is 27.7. The van der Waals surface area contributed by atoms with Crippen LogP contribution in [0.5, 0.6) is 0 Å². The van der Waals surface area contributed by atoms with Gasteiger partial charge in [-0.25, -0.2) is 0 Å². The molecule has 0 aromatic heterocycles. The average Bonchev–Trinajstić information content (AvgIpc) is 2.59. The minimum atomic E-state index is -0.781. The van der Waals surface area contributed by atoms with E-state index in [1.54, 1.807) is 0 Å². The molecule has 1 aromatic carbocycles. The van der Waals surface area contributed by atoms with Gasteiger partial charge in [0, 0.05) is 24.8 Å². The number of nitrogens with zero attached hydrogens (tertiary/aromatic N) is 2. The molecule has 1 amide bonds. The molecule has 0 saturated carbocycles. The van der Waals surface area contributed by atoms with Crippen LogP contribution < -0.4 is 5.32 Å². The van der Waals surface area contributed by atoms with Gasteiger partial charge in [0.15, 0.2) is 0 Å². The zero-order valence-electron chi connectivity index (χ0n) is 17.0. The van der Waals surface area contributed by atoms with Crippen LogP contribution in [0.3, 0.4) is 0 Å². The standard InChI is InChI=1S/C21H33N3O3/c1-5-24(15-20(26)27)16-10-12-23(13-11-16)14-19(25)22-18-9-7-6-8-17(18)21(2,3)4/h6-9,16H,5,10-15H2,1-4H3,(H,22,25)(H,26,27). The van der Waals surface area contributed by atoms with Crippen molar-refractivity contribution < 1.29 is 14.7 Å². The first-order chi connectivity index (χ1) is 12.7. The van der Waals surface area contributed by atoms with Crippen molar-refractivity contribution in [1.82, 2.24) is 9.80 Å². The van der Waals surface area contributed by atoms with Crippen LogP contribution in [-0.2, 0) is 15.0 Å². The van der Waals surface area contributed by atoms with E-state index in [4.69, 9.17) is 5.11 Å². The van der Waals surface area contributed by atoms with E-state index in [0.717, 1.165) is 43.7 Å². The topological polar surface area (TPSA) is 72.9 Å². The lowest BCUT2D eigenvalue weighted by Crippen LogP contribution is -2.48. The van der Waals surface area contributed by atoms with Crippen molar-refractivity contribution >= 4 is 17.6 Å². The molecule has 2 N–H and O–H groups in total. The zero-order chi connectivity index (χ0) is 20.0. The predicted molar refractivity (Wildman–Crippen MR) is 108 cm³/mol. The predicted octanol–water partition coefficient (Wildman–Crippen LogP) is 2.79. The Morgan fingerprint density at radius 3 is 2.41 bits per heavy atom. The molecule has 0 atom stereocenters. The van der Waals surface area contributed by atoms with Crippen LogP contribution in [0.1, 0.15) is 46.1 Å². The molecule has 0 radical (unpaired) electrons. The Hall–Kier alpha value is -1.92. The fraction of sp³-hybridized carbons (Fsp3) is 0.619. The number of rotatable bonds is 7. The quantitative estimate of drug-likeness (QED) is 0.767. The molecule has 0 bridgehead atoms. The van der Waals surface area contributed by atoms with Crippen LogP contribution in [0.15, 0.2) is 24.3 Å². The van der Waals surface area contributed by atoms with Crippen LogP contribution in [0, 0.1) is 0 Å². The summed E-state index contributed by atoms with van der Waals surface area (Å²) < 4.78 is 0. The van der Waals surface area contributed by atoms with Crippen LogP contribution in [0.2, 0.25) is 0 Å². The van der Waals surface area contributed by atoms with Crippen molar-refractivity contribution in [2.75, 3.05) is 38.0 Å². The van der Waals surface area contributed by atoms with Crippen LogP contribution in [0.25, 0.3) is 0 Å². The van der Waals surface area contributed by atoms with Crippen LogP contribution in [-0.4, -0.2) is 65.5 Å². The third kappa shape index (κ3) is 6.33. The molecule has 150 valence electrons. The van der Waals surface area contributed by atoms with Gasteiger partial charge in [0.25, 0.3) is 0 Å². The molecule has 0 unspecified atom stereocenters. The van der Waals surface area contributed by atoms with Gasteiger partial charge in [-0.3, -0.25) is 19.4 Å². The number of carboxylic acid groups (broad SMARTS) is 1. The lowest BCUT2D eigenvalue weighted by Gasteiger charge is -2.37. The minimum absolute atomic E-state index is 0.00281. The van der Waals surface area contributed by atoms with Gasteiger partial charge in [-0.15, -0.1) is 0 Å². The number of benzene rings is 1. The number of amides is 1. The highest BCUT2D eigenvalue weighted by Gasteiger charge is 2.26. The van der Waals surface area contributed by atoms with E-state index in [1.807, 2.05) is 30.0 Å². The van der Waals surface area contributed by atoms with E-state index in [0.29, 0.717) is 6.54 Å². The Kier molecular flexibility index (Phi) is 7.39. The molecule has 27 heavy (non-hydrogen) atoms. The van der Waals surface area contributed by atoms with Gasteiger partial charge in [-0.1, -0.05) is 45.9 Å². The van der Waals surface area contributed by atoms with E-state index in [1.165, 1.54) is 0 Å². The van der Waals surface area contributed by atoms with Crippen molar-refractivity contribution in [3.8, 4) is 0 Å². The first-order valence-electron chi connectivity index (χ1n) is 9.78. The molecule has 1 saturated heterocycles. The fourth-order valence-corrected chi connectivity index (χ4v) is 3.75. The van der Waals surface area contributed by atoms with Gasteiger partial charge >= 0.3 is 5.97 Å². The molecule has 2 rings (SSSR count). The van der Waals surface area contributed by atoms with E-state index in [9.17, 15) is 9.59 Å². The van der Waals surface area contributed by atoms with Gasteiger partial charge in [0.2, 0.25) is 5.91 Å². The fourth-order valence-electron chi connectivity index (χ4n) is 3.75. The van der Waals surface area contributed by atoms with Crippen molar-refractivity contribution in [3.05, 3.63) is 29.8 Å². The number of carbonyl (C=O) groups excluding carboxylic acids is 1. The number of carboxylic acids is 1. The highest BCUT2D eigenvalue weighted by Crippen LogP contribution is 2.29. The summed E-state index contributed by atoms with van der Waals surface area (Å²) in [5.41, 5.74) is 1.98. The van der Waals surface area contributed by atoms with E-state index in [2.05, 4.69) is 37.1 Å². The van der Waals surface area contributed by atoms with Crippen LogP contribution >= 0.6 is 0 Å². The number of carbonyl (C=O) groups is 2. The van der Waals surface area contributed by atoms with Crippen molar-refractivity contribution in [3.63, 3.8) is 0 Å². The molecule has 0 aliphatic carbocycles. The Labute approximate surface area is 162 Å². The molecule has 1 fully saturated rings. The monoisotopic (exact) mass is 375 g/mol. The van der Waals surface area contributed by atoms with Gasteiger partial charge in [-0.05, 0) is 36.4 Å². The summed E-state index contributed by atoms with van der Waals surface area (Å²) in [6.45, 7) is 11.2. The second-order valence-electron chi connectivity index (χ2n) is 8.31. The molecular weight excluding hydrogens is 342 g/mol. The maximum atomic E-state index is 12.5. The van der Waals surface area contributed by atoms with E-state index in [-0.39, 0.29) is 23.9 Å². The first-order valence-corrected chi connectivity index (χ1v) is 9.78. The summed E-state index contributed by atoms with van der Waals surface area (Å²) in [5.74, 6) is -0.779. The number of nitrogens with one attached hydrogen (secondary N) is 1. The molecule has 1 aliphatic rings. The number of hydrogen-bond acceptors (Lipinski definition) is 4. The Morgan fingerprint density at radius 1 is 1.22 bits per heavy atom. The SMILES string of the molecule is CCN(CC(=O)O)C1CCN(CC(=O)Nc2ccccc2C(C)(C)C)CC1. The molecular formula is C21H33N3O3. The maximum Gasteiger partial charge on any atom is 0.317 e. The normalized spacial score (nSPS) is 16.5. The second kappa shape index (κ2) is 9.33. The summed E-state index contributed by atoms with van der Waals surface area (Å²) in [5, 5.41) is 12.1. The third-order valence-electron chi connectivity index (χ3n) is 5.19. The lowest BCUT2D eigenvalue weighted by molar-refractivity contribution is -0.139. The minimum Gasteiger partial charge on any atom is -0.480 e. The second-order valence-corrected chi connectivity index (χ2v) is 8.31. The Bertz CT molecular complexity index is 646. The molecule has 1 heterocycles. The number of para-hydroxylation sites is 1. The lowest BCUT2D eigenvalue weighted by atomic mass is 9.86. The number of aliphatic carboxylic acids is 1. The molecule has 6 heteroatoms. The first kappa shape index (κ1) is 21.4. The zero-order valence-corrected chi connectivity index (χ0v) is 17.0. The van der Waals surface area contributed by atoms with Crippen LogP contribution in [0.4, 0.5) is 5.69 Å². The van der Waals surface area contributed by atoms with Crippen molar-refractivity contribution in [2.24, 2.45) is 0 Å². The highest BCUT2D eigenvalue weighted by atomic mass is 16.4. The average molecular weight is 376 g/mol. The third-order valence-corrected chi connectivity index (χ3v) is 5.19. The maximum absolute atomic E-state index is 12.5. The Morgan fingerprint density at radius 2 is 1.85 bits per heavy atom. The number of piperidine rings is 1. The van der Waals surface area contributed by atoms with Crippen molar-refractivity contribution in [2.45, 2.75) is 52.0 Å². The van der Waals surface area contributed by atoms with E-state index < -0.39 is 5.97 Å². The van der Waals surface area contributed by atoms with Gasteiger partial charge in [-0.2, -0.15) is 0 Å². The molecule has 1 aromatic rings. The van der Waals surface area contributed by atoms with Gasteiger partial charge in [0.05, 0.1) is 13.1 Å². The van der Waals surface area contributed by atoms with Gasteiger partial charge in [0.1, 0.15) is 0 Å². The number of likely N-dealkylation sites (N-methyl/N-ethyl adjacent to an activating group) is 1. The summed E-state index contributed by atoms with van der Waals surface area (Å²) in [6, 6.07) is 8.24. The van der Waals surface area contributed by atoms with E-state index >= 15 is 0 Å². The summed E-state index contributed by atoms with van der Waals surface area (Å²) in [7, 11) is 0. The highest BCUT2D eigenvalue weighted by molar-refractivity contribution is 5.93. The Balaban J connectivity index is 1.87. The number of likely N-dealkylation sites (tertiary alicyclic amines) is 1. The number of hydrogen-bond donors (Lipinski definition) is 2. The summed E-state index contributed by atoms with van der Waals surface area (Å²) in [6.07, 6.45) is 1.79. The number of anilines is 1. The molecule has 6 nitrogen and oxygen atoms in total. The summed E-state index contributed by atoms with van der Waals surface area (Å²) >= 11 is 0. The molecule has 1 aliphatic heterocycles. The van der Waals surface area contributed by atoms with Gasteiger partial charge < -0.3 is 10.4 Å².